The second-order valence-corrected chi connectivity index (χ2v) is 5.39. The van der Waals surface area contributed by atoms with Gasteiger partial charge in [-0.15, -0.1) is 0 Å². The highest BCUT2D eigenvalue weighted by Gasteiger charge is 2.33. The summed E-state index contributed by atoms with van der Waals surface area (Å²) in [6, 6.07) is 5.08. The van der Waals surface area contributed by atoms with Gasteiger partial charge in [0.25, 0.3) is 0 Å². The van der Waals surface area contributed by atoms with Gasteiger partial charge in [0.15, 0.2) is 0 Å². The van der Waals surface area contributed by atoms with Crippen molar-refractivity contribution >= 4 is 17.5 Å². The van der Waals surface area contributed by atoms with E-state index in [4.69, 9.17) is 11.6 Å². The van der Waals surface area contributed by atoms with Crippen molar-refractivity contribution in [1.29, 1.82) is 0 Å². The molecular formula is C15H15ClF3N3O. The number of nitrogens with zero attached hydrogens (tertiary/aromatic N) is 2. The molecule has 0 atom stereocenters. The topological polar surface area (TPSA) is 46.9 Å². The van der Waals surface area contributed by atoms with Crippen LogP contribution in [0, 0.1) is 0 Å². The van der Waals surface area contributed by atoms with E-state index >= 15 is 0 Å². The number of halogens is 4. The lowest BCUT2D eigenvalue weighted by Crippen LogP contribution is -2.27. The fraction of sp³-hybridized carbons (Fsp3) is 0.333. The minimum absolute atomic E-state index is 0.0311. The molecule has 8 heteroatoms. The van der Waals surface area contributed by atoms with E-state index in [1.807, 2.05) is 0 Å². The Morgan fingerprint density at radius 2 is 2.04 bits per heavy atom. The Kier molecular flexibility index (Phi) is 5.65. The molecule has 0 saturated carbocycles. The molecule has 0 aliphatic carbocycles. The maximum absolute atomic E-state index is 12.8. The molecule has 0 saturated heterocycles. The van der Waals surface area contributed by atoms with Crippen LogP contribution >= 0.6 is 11.6 Å². The van der Waals surface area contributed by atoms with Gasteiger partial charge in [-0.2, -0.15) is 18.3 Å². The number of alkyl halides is 3. The maximum atomic E-state index is 12.8. The lowest BCUT2D eigenvalue weighted by Gasteiger charge is -2.12. The van der Waals surface area contributed by atoms with Gasteiger partial charge < -0.3 is 5.32 Å². The number of hydrogen-bond acceptors (Lipinski definition) is 2. The molecule has 1 aromatic carbocycles. The summed E-state index contributed by atoms with van der Waals surface area (Å²) in [5.41, 5.74) is -0.808. The molecule has 0 unspecified atom stereocenters. The molecule has 124 valence electrons. The third-order valence-electron chi connectivity index (χ3n) is 3.16. The third-order valence-corrected chi connectivity index (χ3v) is 3.36. The van der Waals surface area contributed by atoms with Crippen LogP contribution in [0.25, 0.3) is 0 Å². The molecule has 0 aliphatic rings. The van der Waals surface area contributed by atoms with Gasteiger partial charge in [0.2, 0.25) is 5.91 Å². The minimum atomic E-state index is -4.46. The summed E-state index contributed by atoms with van der Waals surface area (Å²) in [6.45, 7) is 0.913. The molecule has 1 aromatic heterocycles. The number of hydrogen-bond donors (Lipinski definition) is 1. The van der Waals surface area contributed by atoms with Crippen LogP contribution in [0.4, 0.5) is 13.2 Å². The average molecular weight is 346 g/mol. The van der Waals surface area contributed by atoms with Gasteiger partial charge in [0, 0.05) is 19.3 Å². The molecule has 1 amide bonds. The summed E-state index contributed by atoms with van der Waals surface area (Å²) in [5.74, 6) is -0.444. The Hall–Kier alpha value is -2.02. The molecule has 23 heavy (non-hydrogen) atoms. The van der Waals surface area contributed by atoms with Crippen LogP contribution in [0.15, 0.2) is 36.7 Å². The van der Waals surface area contributed by atoms with Gasteiger partial charge in [0.1, 0.15) is 0 Å². The zero-order valence-electron chi connectivity index (χ0n) is 12.1. The van der Waals surface area contributed by atoms with E-state index in [1.165, 1.54) is 24.4 Å². The molecule has 2 rings (SSSR count). The quantitative estimate of drug-likeness (QED) is 0.816. The number of carbonyl (C=O) groups is 1. The molecule has 2 aromatic rings. The average Bonchev–Trinajstić information content (AvgIpc) is 2.89. The van der Waals surface area contributed by atoms with E-state index in [-0.39, 0.29) is 12.0 Å². The Morgan fingerprint density at radius 1 is 1.30 bits per heavy atom. The van der Waals surface area contributed by atoms with Gasteiger partial charge in [0.05, 0.1) is 23.2 Å². The Balaban J connectivity index is 1.81. The lowest BCUT2D eigenvalue weighted by atomic mass is 10.0. The zero-order valence-corrected chi connectivity index (χ0v) is 12.9. The van der Waals surface area contributed by atoms with Crippen molar-refractivity contribution in [3.8, 4) is 0 Å². The molecular weight excluding hydrogens is 331 g/mol. The van der Waals surface area contributed by atoms with E-state index in [0.29, 0.717) is 24.5 Å². The van der Waals surface area contributed by atoms with Gasteiger partial charge in [-0.25, -0.2) is 0 Å². The standard InChI is InChI=1S/C15H15ClF3N3O/c16-12-9-21-22(10-12)7-3-6-20-14(23)8-11-4-1-2-5-13(11)15(17,18)19/h1-2,4-5,9-10H,3,6-8H2,(H,20,23). The second kappa shape index (κ2) is 7.50. The van der Waals surface area contributed by atoms with Crippen molar-refractivity contribution in [2.45, 2.75) is 25.6 Å². The van der Waals surface area contributed by atoms with E-state index in [9.17, 15) is 18.0 Å². The normalized spacial score (nSPS) is 11.5. The molecule has 1 N–H and O–H groups in total. The van der Waals surface area contributed by atoms with Crippen molar-refractivity contribution in [1.82, 2.24) is 15.1 Å². The molecule has 0 bridgehead atoms. The summed E-state index contributed by atoms with van der Waals surface area (Å²) in [6.07, 6.45) is -0.999. The van der Waals surface area contributed by atoms with Gasteiger partial charge >= 0.3 is 6.18 Å². The summed E-state index contributed by atoms with van der Waals surface area (Å²) in [4.78, 5) is 11.8. The molecule has 4 nitrogen and oxygen atoms in total. The highest BCUT2D eigenvalue weighted by atomic mass is 35.5. The summed E-state index contributed by atoms with van der Waals surface area (Å²) < 4.78 is 40.2. The molecule has 0 aliphatic heterocycles. The van der Waals surface area contributed by atoms with Gasteiger partial charge in [-0.05, 0) is 18.1 Å². The van der Waals surface area contributed by atoms with E-state index in [2.05, 4.69) is 10.4 Å². The zero-order chi connectivity index (χ0) is 16.9. The van der Waals surface area contributed by atoms with Crippen LogP contribution in [0.2, 0.25) is 5.02 Å². The van der Waals surface area contributed by atoms with Crippen molar-refractivity contribution in [3.05, 3.63) is 52.8 Å². The van der Waals surface area contributed by atoms with Crippen LogP contribution in [0.1, 0.15) is 17.5 Å². The Morgan fingerprint density at radius 3 is 2.70 bits per heavy atom. The molecule has 0 spiro atoms. The van der Waals surface area contributed by atoms with Crippen molar-refractivity contribution in [2.24, 2.45) is 0 Å². The first-order chi connectivity index (χ1) is 10.9. The van der Waals surface area contributed by atoms with E-state index < -0.39 is 17.6 Å². The molecule has 0 radical (unpaired) electrons. The summed E-state index contributed by atoms with van der Waals surface area (Å²) in [7, 11) is 0. The fourth-order valence-electron chi connectivity index (χ4n) is 2.12. The van der Waals surface area contributed by atoms with E-state index in [0.717, 1.165) is 6.07 Å². The number of aromatic nitrogens is 2. The van der Waals surface area contributed by atoms with Crippen LogP contribution in [-0.4, -0.2) is 22.2 Å². The first-order valence-corrected chi connectivity index (χ1v) is 7.34. The first-order valence-electron chi connectivity index (χ1n) is 6.96. The maximum Gasteiger partial charge on any atom is 0.416 e. The highest BCUT2D eigenvalue weighted by Crippen LogP contribution is 2.31. The van der Waals surface area contributed by atoms with Crippen LogP contribution in [0.5, 0.6) is 0 Å². The third kappa shape index (κ3) is 5.28. The second-order valence-electron chi connectivity index (χ2n) is 4.96. The number of benzene rings is 1. The molecule has 0 fully saturated rings. The molecule has 1 heterocycles. The number of rotatable bonds is 6. The lowest BCUT2D eigenvalue weighted by molar-refractivity contribution is -0.138. The van der Waals surface area contributed by atoms with Crippen LogP contribution in [0.3, 0.4) is 0 Å². The van der Waals surface area contributed by atoms with Crippen molar-refractivity contribution < 1.29 is 18.0 Å². The highest BCUT2D eigenvalue weighted by molar-refractivity contribution is 6.30. The number of carbonyl (C=O) groups excluding carboxylic acids is 1. The van der Waals surface area contributed by atoms with Gasteiger partial charge in [-0.3, -0.25) is 9.48 Å². The monoisotopic (exact) mass is 345 g/mol. The first kappa shape index (κ1) is 17.3. The Labute approximate surface area is 136 Å². The van der Waals surface area contributed by atoms with E-state index in [1.54, 1.807) is 10.9 Å². The minimum Gasteiger partial charge on any atom is -0.356 e. The predicted molar refractivity (Wildman–Crippen MR) is 80.0 cm³/mol. The van der Waals surface area contributed by atoms with Crippen LogP contribution < -0.4 is 5.32 Å². The predicted octanol–water partition coefficient (Wildman–Crippen LogP) is 3.30. The van der Waals surface area contributed by atoms with Crippen molar-refractivity contribution in [2.75, 3.05) is 6.54 Å². The van der Waals surface area contributed by atoms with Gasteiger partial charge in [-0.1, -0.05) is 29.8 Å². The van der Waals surface area contributed by atoms with Crippen molar-refractivity contribution in [3.63, 3.8) is 0 Å². The van der Waals surface area contributed by atoms with Crippen LogP contribution in [-0.2, 0) is 23.9 Å². The largest absolute Gasteiger partial charge is 0.416 e. The Bertz CT molecular complexity index is 670. The smallest absolute Gasteiger partial charge is 0.356 e. The summed E-state index contributed by atoms with van der Waals surface area (Å²) in [5, 5.41) is 7.12. The SMILES string of the molecule is O=C(Cc1ccccc1C(F)(F)F)NCCCn1cc(Cl)cn1. The summed E-state index contributed by atoms with van der Waals surface area (Å²) >= 11 is 5.72. The number of nitrogens with one attached hydrogen (secondary N) is 1. The number of aryl methyl sites for hydroxylation is 1. The fourth-order valence-corrected chi connectivity index (χ4v) is 2.27. The number of amides is 1.